The van der Waals surface area contributed by atoms with E-state index in [1.54, 1.807) is 11.1 Å². The topological polar surface area (TPSA) is 86.3 Å². The van der Waals surface area contributed by atoms with Gasteiger partial charge in [-0.15, -0.1) is 17.5 Å². The average molecular weight is 406 g/mol. The van der Waals surface area contributed by atoms with Crippen LogP contribution in [0.4, 0.5) is 0 Å². The first-order valence-corrected chi connectivity index (χ1v) is 9.85. The van der Waals surface area contributed by atoms with Crippen LogP contribution in [0, 0.1) is 0 Å². The van der Waals surface area contributed by atoms with Crippen LogP contribution in [0.15, 0.2) is 30.5 Å². The van der Waals surface area contributed by atoms with Crippen LogP contribution in [0.5, 0.6) is 5.75 Å². The van der Waals surface area contributed by atoms with Crippen LogP contribution in [0.1, 0.15) is 54.7 Å². The van der Waals surface area contributed by atoms with Crippen molar-refractivity contribution >= 4 is 18.3 Å². The van der Waals surface area contributed by atoms with Gasteiger partial charge in [-0.3, -0.25) is 4.79 Å². The van der Waals surface area contributed by atoms with Gasteiger partial charge in [-0.05, 0) is 43.7 Å². The van der Waals surface area contributed by atoms with Crippen molar-refractivity contribution in [3.63, 3.8) is 0 Å². The van der Waals surface area contributed by atoms with Crippen molar-refractivity contribution < 1.29 is 9.53 Å². The third-order valence-corrected chi connectivity index (χ3v) is 5.63. The Labute approximate surface area is 171 Å². The second kappa shape index (κ2) is 8.92. The van der Waals surface area contributed by atoms with Gasteiger partial charge in [0.15, 0.2) is 5.69 Å². The summed E-state index contributed by atoms with van der Waals surface area (Å²) in [6.45, 7) is 3.28. The zero-order valence-corrected chi connectivity index (χ0v) is 17.0. The Balaban J connectivity index is 0.00000225. The number of hydrogen-bond donors (Lipinski definition) is 1. The molecule has 2 heterocycles. The highest BCUT2D eigenvalue weighted by Crippen LogP contribution is 2.27. The van der Waals surface area contributed by atoms with Crippen molar-refractivity contribution in [2.45, 2.75) is 57.2 Å². The molecule has 8 heteroatoms. The summed E-state index contributed by atoms with van der Waals surface area (Å²) in [4.78, 5) is 14.4. The van der Waals surface area contributed by atoms with E-state index < -0.39 is 0 Å². The Hall–Kier alpha value is -2.12. The van der Waals surface area contributed by atoms with Crippen molar-refractivity contribution in [2.75, 3.05) is 13.1 Å². The van der Waals surface area contributed by atoms with E-state index >= 15 is 0 Å². The van der Waals surface area contributed by atoms with Crippen LogP contribution < -0.4 is 10.5 Å². The van der Waals surface area contributed by atoms with Crippen LogP contribution in [-0.4, -0.2) is 51.0 Å². The summed E-state index contributed by atoms with van der Waals surface area (Å²) in [5.41, 5.74) is 7.57. The average Bonchev–Trinajstić information content (AvgIpc) is 3.15. The lowest BCUT2D eigenvalue weighted by Crippen LogP contribution is -2.56. The van der Waals surface area contributed by atoms with Gasteiger partial charge in [-0.1, -0.05) is 30.3 Å². The number of halogens is 1. The van der Waals surface area contributed by atoms with Crippen LogP contribution in [-0.2, 0) is 6.42 Å². The summed E-state index contributed by atoms with van der Waals surface area (Å²) in [6.07, 6.45) is 6.74. The van der Waals surface area contributed by atoms with Gasteiger partial charge in [0.2, 0.25) is 0 Å². The van der Waals surface area contributed by atoms with Crippen LogP contribution in [0.25, 0.3) is 0 Å². The van der Waals surface area contributed by atoms with E-state index in [0.717, 1.165) is 37.9 Å². The number of para-hydroxylation sites is 1. The molecule has 0 radical (unpaired) electrons. The Kier molecular flexibility index (Phi) is 6.57. The molecule has 1 aromatic carbocycles. The van der Waals surface area contributed by atoms with Crippen molar-refractivity contribution in [3.8, 4) is 5.75 Å². The molecule has 4 rings (SSSR count). The number of carbonyl (C=O) groups excluding carboxylic acids is 1. The Bertz CT molecular complexity index is 797. The number of ether oxygens (including phenoxy) is 1. The van der Waals surface area contributed by atoms with Gasteiger partial charge in [0, 0.05) is 6.04 Å². The summed E-state index contributed by atoms with van der Waals surface area (Å²) in [5.74, 6) is 0.843. The number of likely N-dealkylation sites (tertiary alicyclic amines) is 1. The molecule has 152 valence electrons. The molecule has 2 fully saturated rings. The Morgan fingerprint density at radius 2 is 1.93 bits per heavy atom. The number of hydrogen-bond acceptors (Lipinski definition) is 5. The summed E-state index contributed by atoms with van der Waals surface area (Å²) < 4.78 is 7.89. The highest BCUT2D eigenvalue weighted by molar-refractivity contribution is 5.92. The van der Waals surface area contributed by atoms with Gasteiger partial charge in [0.25, 0.3) is 5.91 Å². The fourth-order valence-corrected chi connectivity index (χ4v) is 3.85. The number of benzene rings is 1. The van der Waals surface area contributed by atoms with Gasteiger partial charge in [0.05, 0.1) is 25.3 Å². The first-order chi connectivity index (χ1) is 13.1. The third-order valence-electron chi connectivity index (χ3n) is 5.63. The van der Waals surface area contributed by atoms with Crippen LogP contribution >= 0.6 is 12.4 Å². The standard InChI is InChI=1S/C20H27N5O2.ClH/c1-2-14-5-3-4-6-19(14)27-17-11-24(12-17)20(26)18-13-25(23-22-18)16-9-7-15(21)8-10-16;/h3-6,13,15-17H,2,7-12,21H2,1H3;1H. The maximum absolute atomic E-state index is 12.6. The Morgan fingerprint density at radius 1 is 1.21 bits per heavy atom. The number of nitrogens with zero attached hydrogens (tertiary/aromatic N) is 4. The highest BCUT2D eigenvalue weighted by Gasteiger charge is 2.34. The summed E-state index contributed by atoms with van der Waals surface area (Å²) >= 11 is 0. The van der Waals surface area contributed by atoms with E-state index in [4.69, 9.17) is 10.5 Å². The van der Waals surface area contributed by atoms with Crippen molar-refractivity contribution in [3.05, 3.63) is 41.7 Å². The number of amides is 1. The van der Waals surface area contributed by atoms with Gasteiger partial charge < -0.3 is 15.4 Å². The van der Waals surface area contributed by atoms with Gasteiger partial charge in [-0.2, -0.15) is 0 Å². The SMILES string of the molecule is CCc1ccccc1OC1CN(C(=O)c2cn(C3CCC(N)CC3)nn2)C1.Cl. The molecule has 1 aliphatic carbocycles. The second-order valence-corrected chi connectivity index (χ2v) is 7.56. The van der Waals surface area contributed by atoms with Crippen molar-refractivity contribution in [1.82, 2.24) is 19.9 Å². The van der Waals surface area contributed by atoms with Gasteiger partial charge in [-0.25, -0.2) is 4.68 Å². The normalized spacial score (nSPS) is 22.3. The lowest BCUT2D eigenvalue weighted by atomic mass is 9.92. The van der Waals surface area contributed by atoms with E-state index in [2.05, 4.69) is 23.3 Å². The summed E-state index contributed by atoms with van der Waals surface area (Å²) in [7, 11) is 0. The third kappa shape index (κ3) is 4.31. The molecule has 2 N–H and O–H groups in total. The predicted molar refractivity (Wildman–Crippen MR) is 109 cm³/mol. The molecule has 1 aliphatic heterocycles. The Morgan fingerprint density at radius 3 is 2.64 bits per heavy atom. The number of aryl methyl sites for hydroxylation is 1. The zero-order chi connectivity index (χ0) is 18.8. The molecule has 0 bridgehead atoms. The van der Waals surface area contributed by atoms with Crippen molar-refractivity contribution in [2.24, 2.45) is 5.73 Å². The predicted octanol–water partition coefficient (Wildman–Crippen LogP) is 2.61. The molecule has 28 heavy (non-hydrogen) atoms. The maximum atomic E-state index is 12.6. The molecule has 1 aromatic heterocycles. The summed E-state index contributed by atoms with van der Waals surface area (Å²) in [6, 6.07) is 8.66. The fourth-order valence-electron chi connectivity index (χ4n) is 3.85. The van der Waals surface area contributed by atoms with Gasteiger partial charge in [0.1, 0.15) is 11.9 Å². The number of nitrogens with two attached hydrogens (primary N) is 1. The first kappa shape index (κ1) is 20.6. The number of aromatic nitrogens is 3. The van der Waals surface area contributed by atoms with Crippen molar-refractivity contribution in [1.29, 1.82) is 0 Å². The largest absolute Gasteiger partial charge is 0.486 e. The molecule has 0 atom stereocenters. The maximum Gasteiger partial charge on any atom is 0.276 e. The molecule has 2 aliphatic rings. The van der Waals surface area contributed by atoms with Gasteiger partial charge >= 0.3 is 0 Å². The first-order valence-electron chi connectivity index (χ1n) is 9.85. The van der Waals surface area contributed by atoms with E-state index in [1.807, 2.05) is 22.9 Å². The lowest BCUT2D eigenvalue weighted by Gasteiger charge is -2.38. The smallest absolute Gasteiger partial charge is 0.276 e. The molecular weight excluding hydrogens is 378 g/mol. The minimum Gasteiger partial charge on any atom is -0.486 e. The monoisotopic (exact) mass is 405 g/mol. The highest BCUT2D eigenvalue weighted by atomic mass is 35.5. The molecule has 1 amide bonds. The summed E-state index contributed by atoms with van der Waals surface area (Å²) in [5, 5.41) is 8.28. The van der Waals surface area contributed by atoms with E-state index in [1.165, 1.54) is 5.56 Å². The molecule has 1 saturated heterocycles. The molecular formula is C20H28ClN5O2. The molecule has 2 aromatic rings. The fraction of sp³-hybridized carbons (Fsp3) is 0.550. The number of rotatable bonds is 5. The van der Waals surface area contributed by atoms with E-state index in [0.29, 0.717) is 30.9 Å². The quantitative estimate of drug-likeness (QED) is 0.826. The molecule has 0 unspecified atom stereocenters. The van der Waals surface area contributed by atoms with E-state index in [-0.39, 0.29) is 24.4 Å². The number of carbonyl (C=O) groups is 1. The minimum absolute atomic E-state index is 0. The lowest BCUT2D eigenvalue weighted by molar-refractivity contribution is 0.0170. The van der Waals surface area contributed by atoms with Crippen LogP contribution in [0.2, 0.25) is 0 Å². The van der Waals surface area contributed by atoms with E-state index in [9.17, 15) is 4.79 Å². The molecule has 1 saturated carbocycles. The van der Waals surface area contributed by atoms with Crippen LogP contribution in [0.3, 0.4) is 0 Å². The second-order valence-electron chi connectivity index (χ2n) is 7.56. The molecule has 0 spiro atoms. The zero-order valence-electron chi connectivity index (χ0n) is 16.2. The molecule has 7 nitrogen and oxygen atoms in total. The minimum atomic E-state index is -0.0719.